The fraction of sp³-hybridized carbons (Fsp3) is 0.947. The smallest absolute Gasteiger partial charge is 0.305 e. The first-order valence-corrected chi connectivity index (χ1v) is 24.2. The molecule has 1 aliphatic rings. The van der Waals surface area contributed by atoms with Crippen LogP contribution in [0.3, 0.4) is 0 Å². The van der Waals surface area contributed by atoms with Crippen molar-refractivity contribution in [1.29, 1.82) is 0 Å². The van der Waals surface area contributed by atoms with Gasteiger partial charge in [-0.15, -0.1) is 0 Å². The van der Waals surface area contributed by atoms with Crippen LogP contribution in [0.4, 0.5) is 0 Å². The Bertz CT molecular complexity index is 573. The molecule has 0 aliphatic carbocycles. The van der Waals surface area contributed by atoms with E-state index in [0.29, 0.717) is 6.61 Å². The highest BCUT2D eigenvalue weighted by Gasteiger charge is 2.53. The van der Waals surface area contributed by atoms with Crippen LogP contribution in [0.5, 0.6) is 0 Å². The molecule has 29 heavy (non-hydrogen) atoms. The van der Waals surface area contributed by atoms with Gasteiger partial charge in [0, 0.05) is 0 Å². The van der Waals surface area contributed by atoms with Crippen LogP contribution in [0, 0.1) is 6.57 Å². The van der Waals surface area contributed by atoms with Gasteiger partial charge < -0.3 is 17.7 Å². The van der Waals surface area contributed by atoms with Gasteiger partial charge >= 0.3 is 6.17 Å². The summed E-state index contributed by atoms with van der Waals surface area (Å²) in [6.45, 7) is 34.6. The van der Waals surface area contributed by atoms with Crippen LogP contribution >= 0.6 is 0 Å². The first-order chi connectivity index (χ1) is 12.8. The van der Waals surface area contributed by atoms with E-state index in [0.717, 1.165) is 0 Å². The van der Waals surface area contributed by atoms with Gasteiger partial charge in [-0.05, 0) is 78.6 Å². The zero-order valence-electron chi connectivity index (χ0n) is 20.7. The molecule has 0 amide bonds. The molecule has 0 spiro atoms. The molecule has 0 aromatic carbocycles. The van der Waals surface area contributed by atoms with Gasteiger partial charge in [0.05, 0.1) is 18.8 Å². The Morgan fingerprint density at radius 1 is 0.655 bits per heavy atom. The normalized spacial score (nSPS) is 29.6. The Morgan fingerprint density at radius 2 is 1.07 bits per heavy atom. The lowest BCUT2D eigenvalue weighted by Crippen LogP contribution is -2.70. The molecular formula is C19H44N2O4Si4. The van der Waals surface area contributed by atoms with E-state index < -0.39 is 39.4 Å². The summed E-state index contributed by atoms with van der Waals surface area (Å²) in [5.41, 5.74) is 0. The zero-order chi connectivity index (χ0) is 22.8. The first kappa shape index (κ1) is 27.2. The Balaban J connectivity index is 3.37. The van der Waals surface area contributed by atoms with Crippen molar-refractivity contribution >= 4 is 33.3 Å². The highest BCUT2D eigenvalue weighted by Crippen LogP contribution is 2.31. The van der Waals surface area contributed by atoms with Crippen molar-refractivity contribution in [2.45, 2.75) is 109 Å². The third-order valence-electron chi connectivity index (χ3n) is 4.04. The SMILES string of the molecule is [C-]#[N+][C@H]1N[C@H](CO[Si](C)(C)C)[C@@H](O[Si](C)(C)C)[C@H](O[Si](C)(C)C)[C@@H]1O[Si](C)(C)C. The molecule has 0 bridgehead atoms. The number of hydrogen-bond acceptors (Lipinski definition) is 5. The van der Waals surface area contributed by atoms with Gasteiger partial charge in [0.15, 0.2) is 39.4 Å². The van der Waals surface area contributed by atoms with Crippen molar-refractivity contribution < 1.29 is 17.7 Å². The maximum atomic E-state index is 7.84. The molecule has 0 saturated carbocycles. The third kappa shape index (κ3) is 10.3. The van der Waals surface area contributed by atoms with E-state index in [1.807, 2.05) is 0 Å². The van der Waals surface area contributed by atoms with Gasteiger partial charge in [0.2, 0.25) is 0 Å². The molecular weight excluding hydrogens is 433 g/mol. The van der Waals surface area contributed by atoms with E-state index in [9.17, 15) is 0 Å². The van der Waals surface area contributed by atoms with Crippen LogP contribution < -0.4 is 5.32 Å². The van der Waals surface area contributed by atoms with Gasteiger partial charge in [0.25, 0.3) is 0 Å². The summed E-state index contributed by atoms with van der Waals surface area (Å²) in [7, 11) is -7.37. The average Bonchev–Trinajstić information content (AvgIpc) is 2.44. The van der Waals surface area contributed by atoms with E-state index >= 15 is 0 Å². The molecule has 1 rings (SSSR count). The van der Waals surface area contributed by atoms with E-state index in [-0.39, 0.29) is 24.4 Å². The monoisotopic (exact) mass is 476 g/mol. The van der Waals surface area contributed by atoms with E-state index in [2.05, 4.69) is 88.7 Å². The van der Waals surface area contributed by atoms with Crippen LogP contribution in [0.2, 0.25) is 78.6 Å². The average molecular weight is 477 g/mol. The molecule has 0 aromatic rings. The first-order valence-electron chi connectivity index (χ1n) is 10.6. The van der Waals surface area contributed by atoms with Crippen molar-refractivity contribution in [3.8, 4) is 0 Å². The second-order valence-corrected chi connectivity index (χ2v) is 29.7. The summed E-state index contributed by atoms with van der Waals surface area (Å²) in [4.78, 5) is 3.90. The van der Waals surface area contributed by atoms with Crippen molar-refractivity contribution in [1.82, 2.24) is 5.32 Å². The summed E-state index contributed by atoms with van der Waals surface area (Å²) < 4.78 is 26.2. The Labute approximate surface area is 183 Å². The topological polar surface area (TPSA) is 53.3 Å². The van der Waals surface area contributed by atoms with Crippen LogP contribution in [0.1, 0.15) is 0 Å². The Hall–Kier alpha value is 0.158. The highest BCUT2D eigenvalue weighted by molar-refractivity contribution is 6.71. The molecule has 1 saturated heterocycles. The van der Waals surface area contributed by atoms with E-state index in [4.69, 9.17) is 24.3 Å². The van der Waals surface area contributed by atoms with Crippen LogP contribution in [-0.2, 0) is 17.7 Å². The van der Waals surface area contributed by atoms with Gasteiger partial charge in [-0.2, -0.15) is 0 Å². The van der Waals surface area contributed by atoms with Crippen molar-refractivity contribution in [2.75, 3.05) is 6.61 Å². The molecule has 1 fully saturated rings. The molecule has 10 heteroatoms. The van der Waals surface area contributed by atoms with Crippen molar-refractivity contribution in [3.05, 3.63) is 11.4 Å². The Morgan fingerprint density at radius 3 is 1.45 bits per heavy atom. The molecule has 0 aromatic heterocycles. The standard InChI is InChI=1S/C19H44N2O4Si4/c1-20-19-18(25-29(11,12)13)17(24-28(8,9)10)16(23-27(5,6)7)15(21-19)14-22-26(2,3)4/h15-19,21H,14H2,2-13H3/t15-,16-,17+,18+,19+/m1/s1. The van der Waals surface area contributed by atoms with Gasteiger partial charge in [-0.25, -0.2) is 11.9 Å². The second kappa shape index (κ2) is 9.75. The molecule has 170 valence electrons. The largest absolute Gasteiger partial charge is 0.416 e. The number of rotatable bonds is 9. The highest BCUT2D eigenvalue weighted by atomic mass is 28.4. The predicted molar refractivity (Wildman–Crippen MR) is 131 cm³/mol. The summed E-state index contributed by atoms with van der Waals surface area (Å²) in [6.07, 6.45) is -1.25. The van der Waals surface area contributed by atoms with Crippen molar-refractivity contribution in [2.24, 2.45) is 0 Å². The fourth-order valence-electron chi connectivity index (χ4n) is 3.24. The quantitative estimate of drug-likeness (QED) is 0.385. The van der Waals surface area contributed by atoms with Crippen molar-refractivity contribution in [3.63, 3.8) is 0 Å². The Kier molecular flexibility index (Phi) is 9.14. The molecule has 6 nitrogen and oxygen atoms in total. The summed E-state index contributed by atoms with van der Waals surface area (Å²) >= 11 is 0. The third-order valence-corrected chi connectivity index (χ3v) is 8.01. The summed E-state index contributed by atoms with van der Waals surface area (Å²) in [6, 6.07) is -0.0876. The van der Waals surface area contributed by atoms with E-state index in [1.165, 1.54) is 0 Å². The fourth-order valence-corrected chi connectivity index (χ4v) is 7.20. The molecule has 1 heterocycles. The number of nitrogens with zero attached hydrogens (tertiary/aromatic N) is 1. The number of nitrogens with one attached hydrogen (secondary N) is 1. The van der Waals surface area contributed by atoms with Crippen LogP contribution in [0.25, 0.3) is 4.85 Å². The minimum absolute atomic E-state index is 0.0876. The van der Waals surface area contributed by atoms with Gasteiger partial charge in [-0.3, -0.25) is 4.85 Å². The minimum Gasteiger partial charge on any atom is -0.416 e. The van der Waals surface area contributed by atoms with Gasteiger partial charge in [-0.1, -0.05) is 0 Å². The van der Waals surface area contributed by atoms with Gasteiger partial charge in [0.1, 0.15) is 6.10 Å². The number of piperidine rings is 1. The summed E-state index contributed by atoms with van der Waals surface area (Å²) in [5, 5.41) is 3.51. The second-order valence-electron chi connectivity index (χ2n) is 11.9. The lowest BCUT2D eigenvalue weighted by Gasteiger charge is -2.48. The zero-order valence-corrected chi connectivity index (χ0v) is 24.7. The molecule has 0 radical (unpaired) electrons. The van der Waals surface area contributed by atoms with E-state index in [1.54, 1.807) is 0 Å². The predicted octanol–water partition coefficient (Wildman–Crippen LogP) is 4.72. The van der Waals surface area contributed by atoms with Crippen LogP contribution in [0.15, 0.2) is 0 Å². The maximum Gasteiger partial charge on any atom is 0.305 e. The minimum atomic E-state index is -1.90. The molecule has 1 N–H and O–H groups in total. The molecule has 0 unspecified atom stereocenters. The number of hydrogen-bond donors (Lipinski definition) is 1. The summed E-state index contributed by atoms with van der Waals surface area (Å²) in [5.74, 6) is 0. The maximum absolute atomic E-state index is 7.84. The molecule has 1 aliphatic heterocycles. The van der Waals surface area contributed by atoms with Crippen LogP contribution in [-0.4, -0.2) is 70.4 Å². The lowest BCUT2D eigenvalue weighted by atomic mass is 9.94. The molecule has 5 atom stereocenters. The lowest BCUT2D eigenvalue weighted by molar-refractivity contribution is -0.0891.